The van der Waals surface area contributed by atoms with Gasteiger partial charge in [-0.15, -0.1) is 0 Å². The topological polar surface area (TPSA) is 70.0 Å². The fourth-order valence-corrected chi connectivity index (χ4v) is 4.04. The summed E-state index contributed by atoms with van der Waals surface area (Å²) in [6.45, 7) is 3.18. The quantitative estimate of drug-likeness (QED) is 0.328. The van der Waals surface area contributed by atoms with Gasteiger partial charge in [0.15, 0.2) is 5.76 Å². The highest BCUT2D eigenvalue weighted by Gasteiger charge is 2.52. The van der Waals surface area contributed by atoms with E-state index in [1.807, 2.05) is 12.2 Å². The van der Waals surface area contributed by atoms with Crippen molar-refractivity contribution in [3.05, 3.63) is 24.0 Å². The number of hydrogen-bond donors (Lipinski definition) is 2. The van der Waals surface area contributed by atoms with Crippen molar-refractivity contribution < 1.29 is 19.7 Å². The standard InChI is InChI=1S/C22H37NO4/c1-4-5-7-10-16(24)12-13-17-18(25)15-20-21(17)22(26)19(27-20)11-8-6-9-14-23(2)3/h11-13,16-18,20-21,24-25H,4-10,14-15H2,1-3H3/t16-,17-,18+,20-,21+/m0/s1. The van der Waals surface area contributed by atoms with E-state index >= 15 is 0 Å². The molecule has 1 aliphatic carbocycles. The highest BCUT2D eigenvalue weighted by Crippen LogP contribution is 2.43. The van der Waals surface area contributed by atoms with Gasteiger partial charge in [-0.25, -0.2) is 0 Å². The molecule has 0 radical (unpaired) electrons. The largest absolute Gasteiger partial charge is 0.486 e. The van der Waals surface area contributed by atoms with Gasteiger partial charge in [-0.2, -0.15) is 0 Å². The van der Waals surface area contributed by atoms with Gasteiger partial charge in [-0.05, 0) is 52.4 Å². The number of Topliss-reactive ketones (excluding diaryl/α,β-unsaturated/α-hetero) is 1. The highest BCUT2D eigenvalue weighted by atomic mass is 16.5. The van der Waals surface area contributed by atoms with Crippen LogP contribution in [-0.4, -0.2) is 59.8 Å². The molecule has 1 saturated heterocycles. The molecule has 2 aliphatic rings. The first-order valence-electron chi connectivity index (χ1n) is 10.5. The van der Waals surface area contributed by atoms with E-state index in [9.17, 15) is 15.0 Å². The molecular weight excluding hydrogens is 342 g/mol. The number of ether oxygens (including phenoxy) is 1. The van der Waals surface area contributed by atoms with Crippen molar-refractivity contribution in [3.8, 4) is 0 Å². The van der Waals surface area contributed by atoms with Crippen LogP contribution in [-0.2, 0) is 9.53 Å². The van der Waals surface area contributed by atoms with Crippen LogP contribution in [0.4, 0.5) is 0 Å². The summed E-state index contributed by atoms with van der Waals surface area (Å²) < 4.78 is 5.86. The average molecular weight is 380 g/mol. The van der Waals surface area contributed by atoms with E-state index in [4.69, 9.17) is 4.74 Å². The number of carbonyl (C=O) groups excluding carboxylic acids is 1. The molecule has 27 heavy (non-hydrogen) atoms. The molecular formula is C22H37NO4. The van der Waals surface area contributed by atoms with Gasteiger partial charge < -0.3 is 19.8 Å². The second-order valence-electron chi connectivity index (χ2n) is 8.24. The second-order valence-corrected chi connectivity index (χ2v) is 8.24. The lowest BCUT2D eigenvalue weighted by Gasteiger charge is -2.15. The molecule has 0 spiro atoms. The summed E-state index contributed by atoms with van der Waals surface area (Å²) in [6.07, 6.45) is 11.6. The summed E-state index contributed by atoms with van der Waals surface area (Å²) in [5.41, 5.74) is 0. The number of allylic oxidation sites excluding steroid dienone is 2. The molecule has 5 nitrogen and oxygen atoms in total. The third-order valence-corrected chi connectivity index (χ3v) is 5.61. The normalized spacial score (nSPS) is 30.4. The van der Waals surface area contributed by atoms with Crippen LogP contribution in [0.3, 0.4) is 0 Å². The first-order valence-corrected chi connectivity index (χ1v) is 10.5. The maximum Gasteiger partial charge on any atom is 0.204 e. The Morgan fingerprint density at radius 3 is 2.74 bits per heavy atom. The average Bonchev–Trinajstić information content (AvgIpc) is 3.08. The predicted octanol–water partition coefficient (Wildman–Crippen LogP) is 3.06. The molecule has 1 aliphatic heterocycles. The summed E-state index contributed by atoms with van der Waals surface area (Å²) in [4.78, 5) is 14.9. The van der Waals surface area contributed by atoms with Gasteiger partial charge in [0.1, 0.15) is 6.10 Å². The van der Waals surface area contributed by atoms with Gasteiger partial charge in [0, 0.05) is 12.3 Å². The van der Waals surface area contributed by atoms with E-state index in [2.05, 4.69) is 25.9 Å². The van der Waals surface area contributed by atoms with Crippen LogP contribution in [0.1, 0.15) is 58.3 Å². The highest BCUT2D eigenvalue weighted by molar-refractivity contribution is 5.98. The van der Waals surface area contributed by atoms with E-state index in [0.717, 1.165) is 51.5 Å². The van der Waals surface area contributed by atoms with E-state index in [-0.39, 0.29) is 23.7 Å². The summed E-state index contributed by atoms with van der Waals surface area (Å²) >= 11 is 0. The Morgan fingerprint density at radius 2 is 2.04 bits per heavy atom. The number of fused-ring (bicyclic) bond motifs is 1. The molecule has 0 amide bonds. The molecule has 0 bridgehead atoms. The fraction of sp³-hybridized carbons (Fsp3) is 0.773. The molecule has 2 N–H and O–H groups in total. The van der Waals surface area contributed by atoms with Crippen LogP contribution in [0.5, 0.6) is 0 Å². The van der Waals surface area contributed by atoms with E-state index in [1.165, 1.54) is 0 Å². The Morgan fingerprint density at radius 1 is 1.26 bits per heavy atom. The molecule has 5 heteroatoms. The third kappa shape index (κ3) is 6.44. The minimum absolute atomic E-state index is 0.0132. The van der Waals surface area contributed by atoms with Gasteiger partial charge >= 0.3 is 0 Å². The number of rotatable bonds is 11. The predicted molar refractivity (Wildman–Crippen MR) is 107 cm³/mol. The van der Waals surface area contributed by atoms with Crippen molar-refractivity contribution in [2.24, 2.45) is 11.8 Å². The number of aliphatic hydroxyl groups is 2. The minimum atomic E-state index is -0.579. The number of nitrogens with zero attached hydrogens (tertiary/aromatic N) is 1. The van der Waals surface area contributed by atoms with Crippen molar-refractivity contribution >= 4 is 5.78 Å². The van der Waals surface area contributed by atoms with Crippen molar-refractivity contribution in [2.75, 3.05) is 20.6 Å². The number of aliphatic hydroxyl groups excluding tert-OH is 2. The molecule has 154 valence electrons. The number of ketones is 1. The van der Waals surface area contributed by atoms with Gasteiger partial charge in [0.25, 0.3) is 0 Å². The zero-order valence-corrected chi connectivity index (χ0v) is 17.1. The van der Waals surface area contributed by atoms with E-state index in [0.29, 0.717) is 12.2 Å². The van der Waals surface area contributed by atoms with Crippen molar-refractivity contribution in [1.82, 2.24) is 4.90 Å². The molecule has 2 rings (SSSR count). The van der Waals surface area contributed by atoms with Crippen LogP contribution in [0.2, 0.25) is 0 Å². The summed E-state index contributed by atoms with van der Waals surface area (Å²) in [7, 11) is 4.12. The minimum Gasteiger partial charge on any atom is -0.486 e. The van der Waals surface area contributed by atoms with Gasteiger partial charge in [0.05, 0.1) is 18.1 Å². The molecule has 0 aromatic rings. The summed E-state index contributed by atoms with van der Waals surface area (Å²) in [5, 5.41) is 20.4. The molecule has 0 aromatic heterocycles. The van der Waals surface area contributed by atoms with Crippen LogP contribution >= 0.6 is 0 Å². The number of carbonyl (C=O) groups is 1. The molecule has 1 saturated carbocycles. The third-order valence-electron chi connectivity index (χ3n) is 5.61. The zero-order valence-electron chi connectivity index (χ0n) is 17.1. The first-order chi connectivity index (χ1) is 12.9. The summed E-state index contributed by atoms with van der Waals surface area (Å²) in [5.74, 6) is -0.0852. The zero-order chi connectivity index (χ0) is 19.8. The van der Waals surface area contributed by atoms with Gasteiger partial charge in [-0.1, -0.05) is 38.3 Å². The fourth-order valence-electron chi connectivity index (χ4n) is 4.04. The van der Waals surface area contributed by atoms with Gasteiger partial charge in [-0.3, -0.25) is 4.79 Å². The summed E-state index contributed by atoms with van der Waals surface area (Å²) in [6, 6.07) is 0. The Balaban J connectivity index is 1.88. The molecule has 1 heterocycles. The monoisotopic (exact) mass is 379 g/mol. The Labute approximate surface area is 164 Å². The SMILES string of the molecule is CCCCC[C@H](O)C=C[C@@H]1[C@H]2C(=O)C(=CCCCCN(C)C)O[C@H]2C[C@H]1O. The molecule has 0 unspecified atom stereocenters. The second kappa shape index (κ2) is 11.0. The maximum atomic E-state index is 12.8. The van der Waals surface area contributed by atoms with Crippen LogP contribution in [0.15, 0.2) is 24.0 Å². The van der Waals surface area contributed by atoms with Gasteiger partial charge in [0.2, 0.25) is 5.78 Å². The Hall–Kier alpha value is -1.17. The van der Waals surface area contributed by atoms with Crippen LogP contribution < -0.4 is 0 Å². The van der Waals surface area contributed by atoms with Crippen LogP contribution in [0.25, 0.3) is 0 Å². The van der Waals surface area contributed by atoms with Crippen molar-refractivity contribution in [3.63, 3.8) is 0 Å². The molecule has 0 aromatic carbocycles. The van der Waals surface area contributed by atoms with E-state index in [1.54, 1.807) is 6.08 Å². The lowest BCUT2D eigenvalue weighted by molar-refractivity contribution is -0.119. The first kappa shape index (κ1) is 22.1. The Kier molecular flexibility index (Phi) is 9.00. The lowest BCUT2D eigenvalue weighted by Crippen LogP contribution is -2.24. The molecule has 2 fully saturated rings. The lowest BCUT2D eigenvalue weighted by atomic mass is 9.89. The Bertz CT molecular complexity index is 528. The van der Waals surface area contributed by atoms with Crippen molar-refractivity contribution in [2.45, 2.75) is 76.6 Å². The number of hydrogen-bond acceptors (Lipinski definition) is 5. The number of unbranched alkanes of at least 4 members (excludes halogenated alkanes) is 4. The molecule has 5 atom stereocenters. The van der Waals surface area contributed by atoms with Crippen molar-refractivity contribution in [1.29, 1.82) is 0 Å². The van der Waals surface area contributed by atoms with Crippen LogP contribution in [0, 0.1) is 11.8 Å². The maximum absolute atomic E-state index is 12.8. The smallest absolute Gasteiger partial charge is 0.204 e. The van der Waals surface area contributed by atoms with E-state index < -0.39 is 12.2 Å².